The maximum Gasteiger partial charge on any atom is 0.338 e. The summed E-state index contributed by atoms with van der Waals surface area (Å²) in [5, 5.41) is 0. The number of aromatic nitrogens is 2. The number of hydrogen-bond donors (Lipinski definition) is 0. The van der Waals surface area contributed by atoms with Gasteiger partial charge in [0.2, 0.25) is 0 Å². The van der Waals surface area contributed by atoms with Crippen molar-refractivity contribution in [2.75, 3.05) is 0 Å². The van der Waals surface area contributed by atoms with Gasteiger partial charge >= 0.3 is 5.97 Å². The van der Waals surface area contributed by atoms with Crippen LogP contribution < -0.4 is 0 Å². The van der Waals surface area contributed by atoms with E-state index in [2.05, 4.69) is 9.97 Å². The van der Waals surface area contributed by atoms with Crippen LogP contribution in [-0.2, 0) is 11.3 Å². The lowest BCUT2D eigenvalue weighted by Crippen LogP contribution is -2.06. The van der Waals surface area contributed by atoms with Crippen molar-refractivity contribution < 1.29 is 9.53 Å². The first-order valence-corrected chi connectivity index (χ1v) is 7.92. The molecule has 1 heterocycles. The summed E-state index contributed by atoms with van der Waals surface area (Å²) in [5.74, 6) is -0.349. The number of hydrogen-bond acceptors (Lipinski definition) is 4. The zero-order chi connectivity index (χ0) is 17.3. The highest BCUT2D eigenvalue weighted by Gasteiger charge is 2.11. The third-order valence-corrected chi connectivity index (χ3v) is 4.17. The smallest absolute Gasteiger partial charge is 0.338 e. The molecule has 3 aromatic rings. The Labute approximate surface area is 141 Å². The number of fused-ring (bicyclic) bond motifs is 1. The van der Waals surface area contributed by atoms with Crippen LogP contribution in [0.3, 0.4) is 0 Å². The third kappa shape index (κ3) is 3.27. The summed E-state index contributed by atoms with van der Waals surface area (Å²) in [6.45, 7) is 8.14. The fourth-order valence-corrected chi connectivity index (χ4v) is 2.54. The van der Waals surface area contributed by atoms with Crippen LogP contribution in [0.15, 0.2) is 36.4 Å². The normalized spacial score (nSPS) is 10.8. The standard InChI is InChI=1S/C20H20N2O2/c1-12-5-6-13(2)17(9-12)11-24-20(23)16-7-8-18-19(10-16)22-15(4)14(3)21-18/h5-10H,11H2,1-4H3. The number of ether oxygens (including phenoxy) is 1. The van der Waals surface area contributed by atoms with Crippen molar-refractivity contribution in [3.8, 4) is 0 Å². The molecule has 3 rings (SSSR count). The molecular formula is C20H20N2O2. The van der Waals surface area contributed by atoms with Crippen molar-refractivity contribution in [2.24, 2.45) is 0 Å². The van der Waals surface area contributed by atoms with Crippen molar-refractivity contribution in [3.05, 3.63) is 70.0 Å². The number of nitrogens with zero attached hydrogens (tertiary/aromatic N) is 2. The van der Waals surface area contributed by atoms with E-state index in [0.29, 0.717) is 11.1 Å². The maximum atomic E-state index is 12.3. The Bertz CT molecular complexity index is 932. The van der Waals surface area contributed by atoms with Crippen molar-refractivity contribution >= 4 is 17.0 Å². The number of carbonyl (C=O) groups is 1. The van der Waals surface area contributed by atoms with Crippen molar-refractivity contribution in [2.45, 2.75) is 34.3 Å². The summed E-state index contributed by atoms with van der Waals surface area (Å²) in [5.41, 5.74) is 7.03. The van der Waals surface area contributed by atoms with Gasteiger partial charge in [0.05, 0.1) is 28.0 Å². The molecular weight excluding hydrogens is 300 g/mol. The van der Waals surface area contributed by atoms with E-state index in [1.165, 1.54) is 0 Å². The molecule has 0 aliphatic carbocycles. The van der Waals surface area contributed by atoms with E-state index >= 15 is 0 Å². The molecule has 0 saturated carbocycles. The Kier molecular flexibility index (Phi) is 4.30. The Morgan fingerprint density at radius 3 is 2.38 bits per heavy atom. The molecule has 0 bridgehead atoms. The number of benzene rings is 2. The SMILES string of the molecule is Cc1ccc(C)c(COC(=O)c2ccc3nc(C)c(C)nc3c2)c1. The highest BCUT2D eigenvalue weighted by Crippen LogP contribution is 2.17. The van der Waals surface area contributed by atoms with Crippen molar-refractivity contribution in [1.29, 1.82) is 0 Å². The van der Waals surface area contributed by atoms with Gasteiger partial charge in [-0.05, 0) is 57.0 Å². The summed E-state index contributed by atoms with van der Waals surface area (Å²) in [4.78, 5) is 21.3. The van der Waals surface area contributed by atoms with E-state index in [9.17, 15) is 4.79 Å². The molecule has 0 fully saturated rings. The van der Waals surface area contributed by atoms with Gasteiger partial charge in [-0.25, -0.2) is 14.8 Å². The predicted molar refractivity (Wildman–Crippen MR) is 94.0 cm³/mol. The maximum absolute atomic E-state index is 12.3. The molecule has 0 amide bonds. The first-order valence-electron chi connectivity index (χ1n) is 7.92. The van der Waals surface area contributed by atoms with E-state index in [4.69, 9.17) is 4.74 Å². The molecule has 0 aliphatic heterocycles. The van der Waals surface area contributed by atoms with Crippen LogP contribution in [-0.4, -0.2) is 15.9 Å². The zero-order valence-corrected chi connectivity index (χ0v) is 14.4. The van der Waals surface area contributed by atoms with Gasteiger partial charge in [-0.2, -0.15) is 0 Å². The molecule has 122 valence electrons. The summed E-state index contributed by atoms with van der Waals surface area (Å²) in [6.07, 6.45) is 0. The van der Waals surface area contributed by atoms with Crippen LogP contribution in [0.25, 0.3) is 11.0 Å². The largest absolute Gasteiger partial charge is 0.457 e. The number of rotatable bonds is 3. The van der Waals surface area contributed by atoms with E-state index < -0.39 is 0 Å². The van der Waals surface area contributed by atoms with Gasteiger partial charge in [-0.1, -0.05) is 23.8 Å². The zero-order valence-electron chi connectivity index (χ0n) is 14.4. The van der Waals surface area contributed by atoms with Crippen LogP contribution >= 0.6 is 0 Å². The van der Waals surface area contributed by atoms with Crippen molar-refractivity contribution in [3.63, 3.8) is 0 Å². The van der Waals surface area contributed by atoms with Crippen LogP contribution in [0, 0.1) is 27.7 Å². The molecule has 0 saturated heterocycles. The van der Waals surface area contributed by atoms with E-state index in [1.54, 1.807) is 12.1 Å². The molecule has 4 heteroatoms. The first-order chi connectivity index (χ1) is 11.4. The Hall–Kier alpha value is -2.75. The minimum atomic E-state index is -0.349. The lowest BCUT2D eigenvalue weighted by Gasteiger charge is -2.09. The van der Waals surface area contributed by atoms with Crippen LogP contribution in [0.1, 0.15) is 38.4 Å². The van der Waals surface area contributed by atoms with Gasteiger partial charge in [-0.3, -0.25) is 0 Å². The van der Waals surface area contributed by atoms with Gasteiger partial charge < -0.3 is 4.74 Å². The predicted octanol–water partition coefficient (Wildman–Crippen LogP) is 4.22. The van der Waals surface area contributed by atoms with Gasteiger partial charge in [0, 0.05) is 0 Å². The lowest BCUT2D eigenvalue weighted by molar-refractivity contribution is 0.0472. The van der Waals surface area contributed by atoms with E-state index in [0.717, 1.165) is 33.6 Å². The quantitative estimate of drug-likeness (QED) is 0.678. The minimum absolute atomic E-state index is 0.267. The summed E-state index contributed by atoms with van der Waals surface area (Å²) >= 11 is 0. The number of esters is 1. The van der Waals surface area contributed by atoms with E-state index in [1.807, 2.05) is 52.0 Å². The first kappa shape index (κ1) is 16.1. The lowest BCUT2D eigenvalue weighted by atomic mass is 10.1. The second kappa shape index (κ2) is 6.40. The van der Waals surface area contributed by atoms with Crippen LogP contribution in [0.2, 0.25) is 0 Å². The molecule has 4 nitrogen and oxygen atoms in total. The molecule has 0 spiro atoms. The molecule has 0 N–H and O–H groups in total. The minimum Gasteiger partial charge on any atom is -0.457 e. The second-order valence-corrected chi connectivity index (χ2v) is 6.10. The van der Waals surface area contributed by atoms with Crippen molar-refractivity contribution in [1.82, 2.24) is 9.97 Å². The number of aryl methyl sites for hydroxylation is 4. The van der Waals surface area contributed by atoms with E-state index in [-0.39, 0.29) is 12.6 Å². The topological polar surface area (TPSA) is 52.1 Å². The molecule has 1 aromatic heterocycles. The average Bonchev–Trinajstić information content (AvgIpc) is 2.56. The monoisotopic (exact) mass is 320 g/mol. The molecule has 0 aliphatic rings. The fraction of sp³-hybridized carbons (Fsp3) is 0.250. The Balaban J connectivity index is 1.81. The molecule has 2 aromatic carbocycles. The second-order valence-electron chi connectivity index (χ2n) is 6.10. The average molecular weight is 320 g/mol. The number of carbonyl (C=O) groups excluding carboxylic acids is 1. The Morgan fingerprint density at radius 2 is 1.62 bits per heavy atom. The molecule has 0 atom stereocenters. The molecule has 0 radical (unpaired) electrons. The summed E-state index contributed by atoms with van der Waals surface area (Å²) in [7, 11) is 0. The highest BCUT2D eigenvalue weighted by atomic mass is 16.5. The van der Waals surface area contributed by atoms with Gasteiger partial charge in [0.1, 0.15) is 6.61 Å². The fourth-order valence-electron chi connectivity index (χ4n) is 2.54. The molecule has 0 unspecified atom stereocenters. The summed E-state index contributed by atoms with van der Waals surface area (Å²) < 4.78 is 5.47. The van der Waals surface area contributed by atoms with Crippen LogP contribution in [0.5, 0.6) is 0 Å². The third-order valence-electron chi connectivity index (χ3n) is 4.17. The van der Waals surface area contributed by atoms with Crippen LogP contribution in [0.4, 0.5) is 0 Å². The van der Waals surface area contributed by atoms with Gasteiger partial charge in [0.15, 0.2) is 0 Å². The molecule has 24 heavy (non-hydrogen) atoms. The Morgan fingerprint density at radius 1 is 0.917 bits per heavy atom. The van der Waals surface area contributed by atoms with Gasteiger partial charge in [0.25, 0.3) is 0 Å². The summed E-state index contributed by atoms with van der Waals surface area (Å²) in [6, 6.07) is 11.4. The highest BCUT2D eigenvalue weighted by molar-refractivity contribution is 5.93. The van der Waals surface area contributed by atoms with Gasteiger partial charge in [-0.15, -0.1) is 0 Å².